The molecule has 1 amide bonds. The van der Waals surface area contributed by atoms with Gasteiger partial charge in [0.1, 0.15) is 5.82 Å². The van der Waals surface area contributed by atoms with Crippen molar-refractivity contribution in [1.29, 1.82) is 0 Å². The van der Waals surface area contributed by atoms with Gasteiger partial charge in [-0.15, -0.1) is 15.3 Å². The van der Waals surface area contributed by atoms with Crippen molar-refractivity contribution in [2.45, 2.75) is 26.2 Å². The summed E-state index contributed by atoms with van der Waals surface area (Å²) in [4.78, 5) is 19.5. The van der Waals surface area contributed by atoms with Gasteiger partial charge in [-0.05, 0) is 37.4 Å². The second-order valence-corrected chi connectivity index (χ2v) is 8.80. The first-order valence-electron chi connectivity index (χ1n) is 11.7. The third kappa shape index (κ3) is 4.32. The first-order valence-corrected chi connectivity index (χ1v) is 11.7. The van der Waals surface area contributed by atoms with Crippen molar-refractivity contribution in [1.82, 2.24) is 29.6 Å². The lowest BCUT2D eigenvalue weighted by Gasteiger charge is -2.36. The van der Waals surface area contributed by atoms with Crippen LogP contribution in [0.25, 0.3) is 17.0 Å². The van der Waals surface area contributed by atoms with Crippen molar-refractivity contribution in [3.8, 4) is 11.4 Å². The van der Waals surface area contributed by atoms with E-state index in [1.165, 1.54) is 0 Å². The Bertz CT molecular complexity index is 1050. The van der Waals surface area contributed by atoms with Crippen molar-refractivity contribution < 1.29 is 4.79 Å². The minimum atomic E-state index is 0.329. The van der Waals surface area contributed by atoms with Gasteiger partial charge in [-0.3, -0.25) is 4.79 Å². The molecule has 3 aromatic rings. The topological polar surface area (TPSA) is 69.9 Å². The normalized spacial score (nSPS) is 18.4. The number of anilines is 1. The molecule has 0 aliphatic carbocycles. The number of benzene rings is 1. The van der Waals surface area contributed by atoms with Crippen LogP contribution in [-0.4, -0.2) is 81.3 Å². The summed E-state index contributed by atoms with van der Waals surface area (Å²) in [5.41, 5.74) is 1.75. The summed E-state index contributed by atoms with van der Waals surface area (Å²) in [6.45, 7) is 8.85. The molecule has 5 rings (SSSR count). The van der Waals surface area contributed by atoms with Crippen LogP contribution in [0.3, 0.4) is 0 Å². The lowest BCUT2D eigenvalue weighted by atomic mass is 9.93. The fraction of sp³-hybridized carbons (Fsp3) is 0.500. The van der Waals surface area contributed by atoms with E-state index in [1.807, 2.05) is 47.0 Å². The van der Waals surface area contributed by atoms with E-state index in [4.69, 9.17) is 5.10 Å². The summed E-state index contributed by atoms with van der Waals surface area (Å²) in [5, 5.41) is 13.5. The number of fused-ring (bicyclic) bond motifs is 1. The molecular weight excluding hydrogens is 402 g/mol. The number of rotatable bonds is 5. The van der Waals surface area contributed by atoms with Crippen molar-refractivity contribution in [2.24, 2.45) is 5.92 Å². The average molecular weight is 434 g/mol. The highest BCUT2D eigenvalue weighted by Crippen LogP contribution is 2.26. The third-order valence-electron chi connectivity index (χ3n) is 6.85. The number of hydrogen-bond acceptors (Lipinski definition) is 6. The molecule has 0 saturated carbocycles. The number of likely N-dealkylation sites (N-methyl/N-ethyl adjacent to an activating group) is 1. The Hall–Kier alpha value is -3.00. The molecule has 0 unspecified atom stereocenters. The van der Waals surface area contributed by atoms with Gasteiger partial charge in [0.25, 0.3) is 0 Å². The lowest BCUT2D eigenvalue weighted by Crippen LogP contribution is -2.49. The fourth-order valence-corrected chi connectivity index (χ4v) is 4.77. The Morgan fingerprint density at radius 2 is 1.69 bits per heavy atom. The van der Waals surface area contributed by atoms with Gasteiger partial charge in [-0.25, -0.2) is 0 Å². The number of nitrogens with zero attached hydrogens (tertiary/aromatic N) is 7. The quantitative estimate of drug-likeness (QED) is 0.616. The SMILES string of the molecule is CCN1CCN(C(=O)CC2CCN(c3ccc4nnc(-c5ccccc5)n4n3)CC2)CC1. The van der Waals surface area contributed by atoms with Crippen LogP contribution in [0.15, 0.2) is 42.5 Å². The van der Waals surface area contributed by atoms with Crippen molar-refractivity contribution in [3.05, 3.63) is 42.5 Å². The maximum atomic E-state index is 12.8. The number of hydrogen-bond donors (Lipinski definition) is 0. The van der Waals surface area contributed by atoms with E-state index in [0.717, 1.165) is 81.5 Å². The molecule has 0 radical (unpaired) electrons. The summed E-state index contributed by atoms with van der Waals surface area (Å²) < 4.78 is 1.83. The van der Waals surface area contributed by atoms with E-state index in [0.29, 0.717) is 18.2 Å². The van der Waals surface area contributed by atoms with Gasteiger partial charge in [0, 0.05) is 51.3 Å². The van der Waals surface area contributed by atoms with Crippen LogP contribution < -0.4 is 4.90 Å². The molecule has 0 bridgehead atoms. The van der Waals surface area contributed by atoms with E-state index in [1.54, 1.807) is 0 Å². The monoisotopic (exact) mass is 433 g/mol. The Labute approximate surface area is 188 Å². The Kier molecular flexibility index (Phi) is 6.03. The van der Waals surface area contributed by atoms with Gasteiger partial charge >= 0.3 is 0 Å². The highest BCUT2D eigenvalue weighted by atomic mass is 16.2. The smallest absolute Gasteiger partial charge is 0.222 e. The molecule has 8 heteroatoms. The van der Waals surface area contributed by atoms with Crippen LogP contribution in [0.5, 0.6) is 0 Å². The number of amides is 1. The summed E-state index contributed by atoms with van der Waals surface area (Å²) in [6.07, 6.45) is 2.72. The van der Waals surface area contributed by atoms with Crippen molar-refractivity contribution in [2.75, 3.05) is 50.7 Å². The Morgan fingerprint density at radius 3 is 2.41 bits per heavy atom. The van der Waals surface area contributed by atoms with E-state index < -0.39 is 0 Å². The van der Waals surface area contributed by atoms with Crippen LogP contribution in [-0.2, 0) is 4.79 Å². The number of piperidine rings is 1. The van der Waals surface area contributed by atoms with Gasteiger partial charge in [0.05, 0.1) is 0 Å². The minimum absolute atomic E-state index is 0.329. The summed E-state index contributed by atoms with van der Waals surface area (Å²) in [6, 6.07) is 14.0. The highest BCUT2D eigenvalue weighted by molar-refractivity contribution is 5.76. The van der Waals surface area contributed by atoms with Crippen LogP contribution in [0.4, 0.5) is 5.82 Å². The van der Waals surface area contributed by atoms with Gasteiger partial charge in [0.2, 0.25) is 5.91 Å². The summed E-state index contributed by atoms with van der Waals surface area (Å²) in [7, 11) is 0. The van der Waals surface area contributed by atoms with Gasteiger partial charge in [0.15, 0.2) is 11.5 Å². The number of carbonyl (C=O) groups is 1. The standard InChI is InChI=1S/C24H31N7O/c1-2-28-14-16-30(17-15-28)23(32)18-19-10-12-29(13-11-19)22-9-8-21-25-26-24(31(21)27-22)20-6-4-3-5-7-20/h3-9,19H,2,10-18H2,1H3. The van der Waals surface area contributed by atoms with Gasteiger partial charge in [-0.2, -0.15) is 4.52 Å². The fourth-order valence-electron chi connectivity index (χ4n) is 4.77. The second kappa shape index (κ2) is 9.24. The molecule has 2 saturated heterocycles. The van der Waals surface area contributed by atoms with Crippen LogP contribution in [0.2, 0.25) is 0 Å². The molecule has 2 aliphatic heterocycles. The zero-order chi connectivity index (χ0) is 21.9. The van der Waals surface area contributed by atoms with Crippen LogP contribution in [0.1, 0.15) is 26.2 Å². The molecule has 0 N–H and O–H groups in total. The molecule has 2 aromatic heterocycles. The molecule has 8 nitrogen and oxygen atoms in total. The zero-order valence-corrected chi connectivity index (χ0v) is 18.7. The van der Waals surface area contributed by atoms with Gasteiger partial charge < -0.3 is 14.7 Å². The number of carbonyl (C=O) groups excluding carboxylic acids is 1. The number of aromatic nitrogens is 4. The molecule has 4 heterocycles. The molecule has 0 atom stereocenters. The van der Waals surface area contributed by atoms with E-state index in [-0.39, 0.29) is 0 Å². The van der Waals surface area contributed by atoms with Crippen LogP contribution in [0, 0.1) is 5.92 Å². The van der Waals surface area contributed by atoms with E-state index >= 15 is 0 Å². The molecule has 32 heavy (non-hydrogen) atoms. The molecule has 168 valence electrons. The zero-order valence-electron chi connectivity index (χ0n) is 18.7. The molecule has 0 spiro atoms. The van der Waals surface area contributed by atoms with Crippen molar-refractivity contribution >= 4 is 17.4 Å². The average Bonchev–Trinajstić information content (AvgIpc) is 3.28. The summed E-state index contributed by atoms with van der Waals surface area (Å²) in [5.74, 6) is 2.48. The molecule has 2 fully saturated rings. The largest absolute Gasteiger partial charge is 0.355 e. The molecule has 1 aromatic carbocycles. The third-order valence-corrected chi connectivity index (χ3v) is 6.85. The highest BCUT2D eigenvalue weighted by Gasteiger charge is 2.26. The predicted molar refractivity (Wildman–Crippen MR) is 124 cm³/mol. The van der Waals surface area contributed by atoms with E-state index in [2.05, 4.69) is 31.8 Å². The molecule has 2 aliphatic rings. The molecular formula is C24H31N7O. The Balaban J connectivity index is 1.20. The first-order chi connectivity index (χ1) is 15.7. The minimum Gasteiger partial charge on any atom is -0.355 e. The number of piperazine rings is 1. The second-order valence-electron chi connectivity index (χ2n) is 8.80. The van der Waals surface area contributed by atoms with Gasteiger partial charge in [-0.1, -0.05) is 37.3 Å². The maximum Gasteiger partial charge on any atom is 0.222 e. The van der Waals surface area contributed by atoms with Crippen molar-refractivity contribution in [3.63, 3.8) is 0 Å². The summed E-state index contributed by atoms with van der Waals surface area (Å²) >= 11 is 0. The Morgan fingerprint density at radius 1 is 0.938 bits per heavy atom. The van der Waals surface area contributed by atoms with E-state index in [9.17, 15) is 4.79 Å². The van der Waals surface area contributed by atoms with Crippen LogP contribution >= 0.6 is 0 Å². The maximum absolute atomic E-state index is 12.8. The lowest BCUT2D eigenvalue weighted by molar-refractivity contribution is -0.134. The predicted octanol–water partition coefficient (Wildman–Crippen LogP) is 2.56. The first kappa shape index (κ1) is 20.9.